The van der Waals surface area contributed by atoms with Gasteiger partial charge in [-0.2, -0.15) is 0 Å². The van der Waals surface area contributed by atoms with Gasteiger partial charge in [-0.1, -0.05) is 23.2 Å². The lowest BCUT2D eigenvalue weighted by atomic mass is 10.1. The molecule has 0 saturated carbocycles. The zero-order valence-electron chi connectivity index (χ0n) is 8.14. The summed E-state index contributed by atoms with van der Waals surface area (Å²) in [6.45, 7) is 0. The van der Waals surface area contributed by atoms with Gasteiger partial charge in [-0.05, 0) is 50.1 Å². The molecule has 1 aromatic carbocycles. The van der Waals surface area contributed by atoms with E-state index < -0.39 is 0 Å². The highest BCUT2D eigenvalue weighted by atomic mass is 79.9. The largest absolute Gasteiger partial charge is 0.288 e. The van der Waals surface area contributed by atoms with E-state index in [1.165, 1.54) is 11.3 Å². The number of ketones is 1. The van der Waals surface area contributed by atoms with Crippen LogP contribution in [0.2, 0.25) is 10.0 Å². The first-order valence-electron chi connectivity index (χ1n) is 4.43. The Hall–Kier alpha value is 0.130. The standard InChI is InChI=1S/C11H4Br2Cl2OS/c12-6-4-17-11(9(6)13)10(16)5-1-2-7(14)8(15)3-5/h1-4H. The van der Waals surface area contributed by atoms with Crippen molar-refractivity contribution in [3.8, 4) is 0 Å². The van der Waals surface area contributed by atoms with E-state index in [-0.39, 0.29) is 5.78 Å². The van der Waals surface area contributed by atoms with E-state index in [1.807, 2.05) is 5.38 Å². The number of rotatable bonds is 2. The Kier molecular flexibility index (Phi) is 4.31. The van der Waals surface area contributed by atoms with E-state index in [9.17, 15) is 4.79 Å². The summed E-state index contributed by atoms with van der Waals surface area (Å²) >= 11 is 19.8. The average molecular weight is 415 g/mol. The number of halogens is 4. The molecule has 0 bridgehead atoms. The zero-order valence-corrected chi connectivity index (χ0v) is 13.6. The fourth-order valence-electron chi connectivity index (χ4n) is 1.24. The number of hydrogen-bond donors (Lipinski definition) is 0. The molecular formula is C11H4Br2Cl2OS. The van der Waals surface area contributed by atoms with E-state index in [0.717, 1.165) is 8.95 Å². The molecule has 0 atom stereocenters. The second-order valence-electron chi connectivity index (χ2n) is 3.18. The highest BCUT2D eigenvalue weighted by Crippen LogP contribution is 2.34. The van der Waals surface area contributed by atoms with Gasteiger partial charge in [-0.25, -0.2) is 0 Å². The fraction of sp³-hybridized carbons (Fsp3) is 0. The monoisotopic (exact) mass is 412 g/mol. The molecule has 88 valence electrons. The summed E-state index contributed by atoms with van der Waals surface area (Å²) in [5.74, 6) is -0.0776. The van der Waals surface area contributed by atoms with E-state index >= 15 is 0 Å². The highest BCUT2D eigenvalue weighted by Gasteiger charge is 2.17. The van der Waals surface area contributed by atoms with Crippen molar-refractivity contribution in [1.82, 2.24) is 0 Å². The van der Waals surface area contributed by atoms with Gasteiger partial charge in [0.05, 0.1) is 19.4 Å². The summed E-state index contributed by atoms with van der Waals surface area (Å²) in [5, 5.41) is 2.67. The minimum Gasteiger partial charge on any atom is -0.288 e. The quantitative estimate of drug-likeness (QED) is 0.566. The van der Waals surface area contributed by atoms with E-state index in [1.54, 1.807) is 18.2 Å². The first-order valence-corrected chi connectivity index (χ1v) is 7.65. The first-order chi connectivity index (χ1) is 8.00. The number of carbonyl (C=O) groups excluding carboxylic acids is 1. The van der Waals surface area contributed by atoms with Gasteiger partial charge in [0.1, 0.15) is 0 Å². The van der Waals surface area contributed by atoms with Crippen molar-refractivity contribution in [3.63, 3.8) is 0 Å². The van der Waals surface area contributed by atoms with Gasteiger partial charge >= 0.3 is 0 Å². The van der Waals surface area contributed by atoms with Gasteiger partial charge < -0.3 is 0 Å². The number of thiophene rings is 1. The van der Waals surface area contributed by atoms with Gasteiger partial charge in [0, 0.05) is 15.4 Å². The maximum atomic E-state index is 12.2. The lowest BCUT2D eigenvalue weighted by Gasteiger charge is -2.01. The Labute approximate surface area is 129 Å². The predicted octanol–water partition coefficient (Wildman–Crippen LogP) is 5.81. The molecule has 0 saturated heterocycles. The van der Waals surface area contributed by atoms with Gasteiger partial charge in [0.2, 0.25) is 5.78 Å². The second kappa shape index (κ2) is 5.41. The Bertz CT molecular complexity index is 595. The third kappa shape index (κ3) is 2.76. The van der Waals surface area contributed by atoms with Crippen LogP contribution in [-0.2, 0) is 0 Å². The van der Waals surface area contributed by atoms with Gasteiger partial charge in [-0.3, -0.25) is 4.79 Å². The molecule has 17 heavy (non-hydrogen) atoms. The molecular weight excluding hydrogens is 411 g/mol. The van der Waals surface area contributed by atoms with Crippen LogP contribution in [0, 0.1) is 0 Å². The average Bonchev–Trinajstić information content (AvgIpc) is 2.63. The molecule has 0 radical (unpaired) electrons. The molecule has 1 nitrogen and oxygen atoms in total. The molecule has 0 unspecified atom stereocenters. The zero-order chi connectivity index (χ0) is 12.6. The van der Waals surface area contributed by atoms with Crippen molar-refractivity contribution in [2.45, 2.75) is 0 Å². The molecule has 0 N–H and O–H groups in total. The topological polar surface area (TPSA) is 17.1 Å². The lowest BCUT2D eigenvalue weighted by molar-refractivity contribution is 0.104. The van der Waals surface area contributed by atoms with Crippen LogP contribution < -0.4 is 0 Å². The van der Waals surface area contributed by atoms with Gasteiger partial charge in [0.15, 0.2) is 0 Å². The summed E-state index contributed by atoms with van der Waals surface area (Å²) in [6.07, 6.45) is 0. The Morgan fingerprint density at radius 3 is 2.41 bits per heavy atom. The summed E-state index contributed by atoms with van der Waals surface area (Å²) in [7, 11) is 0. The molecule has 1 heterocycles. The SMILES string of the molecule is O=C(c1ccc(Cl)c(Cl)c1)c1scc(Br)c1Br. The van der Waals surface area contributed by atoms with Crippen molar-refractivity contribution >= 4 is 72.2 Å². The first kappa shape index (κ1) is 13.6. The summed E-state index contributed by atoms with van der Waals surface area (Å²) in [5.41, 5.74) is 0.523. The molecule has 6 heteroatoms. The van der Waals surface area contributed by atoms with Crippen LogP contribution >= 0.6 is 66.4 Å². The molecule has 0 aliphatic rings. The Balaban J connectivity index is 2.44. The summed E-state index contributed by atoms with van der Waals surface area (Å²) < 4.78 is 1.63. The van der Waals surface area contributed by atoms with Crippen molar-refractivity contribution in [2.75, 3.05) is 0 Å². The molecule has 0 fully saturated rings. The second-order valence-corrected chi connectivity index (χ2v) is 6.53. The molecule has 1 aromatic heterocycles. The van der Waals surface area contributed by atoms with Gasteiger partial charge in [-0.15, -0.1) is 11.3 Å². The van der Waals surface area contributed by atoms with Crippen LogP contribution in [0.3, 0.4) is 0 Å². The minimum atomic E-state index is -0.0776. The minimum absolute atomic E-state index is 0.0776. The van der Waals surface area contributed by atoms with Crippen molar-refractivity contribution in [3.05, 3.63) is 53.0 Å². The predicted molar refractivity (Wildman–Crippen MR) is 79.6 cm³/mol. The Morgan fingerprint density at radius 2 is 1.88 bits per heavy atom. The van der Waals surface area contributed by atoms with Crippen molar-refractivity contribution < 1.29 is 4.79 Å². The summed E-state index contributed by atoms with van der Waals surface area (Å²) in [4.78, 5) is 12.8. The lowest BCUT2D eigenvalue weighted by Crippen LogP contribution is -1.99. The van der Waals surface area contributed by atoms with Crippen LogP contribution in [0.15, 0.2) is 32.5 Å². The molecule has 0 aliphatic carbocycles. The van der Waals surface area contributed by atoms with Crippen molar-refractivity contribution in [2.24, 2.45) is 0 Å². The highest BCUT2D eigenvalue weighted by molar-refractivity contribution is 9.13. The molecule has 0 amide bonds. The fourth-order valence-corrected chi connectivity index (χ4v) is 3.66. The number of carbonyl (C=O) groups is 1. The molecule has 2 rings (SSSR count). The van der Waals surface area contributed by atoms with E-state index in [0.29, 0.717) is 20.5 Å². The van der Waals surface area contributed by atoms with Crippen LogP contribution in [-0.4, -0.2) is 5.78 Å². The summed E-state index contributed by atoms with van der Waals surface area (Å²) in [6, 6.07) is 4.86. The van der Waals surface area contributed by atoms with Crippen LogP contribution in [0.25, 0.3) is 0 Å². The van der Waals surface area contributed by atoms with E-state index in [4.69, 9.17) is 23.2 Å². The molecule has 2 aromatic rings. The smallest absolute Gasteiger partial charge is 0.204 e. The number of hydrogen-bond acceptors (Lipinski definition) is 2. The van der Waals surface area contributed by atoms with E-state index in [2.05, 4.69) is 31.9 Å². The molecule has 0 aliphatic heterocycles. The van der Waals surface area contributed by atoms with Gasteiger partial charge in [0.25, 0.3) is 0 Å². The van der Waals surface area contributed by atoms with Crippen molar-refractivity contribution in [1.29, 1.82) is 0 Å². The molecule has 0 spiro atoms. The third-order valence-electron chi connectivity index (χ3n) is 2.08. The third-order valence-corrected chi connectivity index (χ3v) is 6.34. The number of benzene rings is 1. The van der Waals surface area contributed by atoms with Crippen LogP contribution in [0.4, 0.5) is 0 Å². The maximum absolute atomic E-state index is 12.2. The maximum Gasteiger partial charge on any atom is 0.204 e. The van der Waals surface area contributed by atoms with Crippen LogP contribution in [0.1, 0.15) is 15.2 Å². The normalized spacial score (nSPS) is 10.6. The Morgan fingerprint density at radius 1 is 1.18 bits per heavy atom. The van der Waals surface area contributed by atoms with Crippen LogP contribution in [0.5, 0.6) is 0 Å².